The summed E-state index contributed by atoms with van der Waals surface area (Å²) in [4.78, 5) is 7.47. The SMILES string of the molecule is CCC/C=C(\N)c1c(-c2ccccc2)cc(-c2ccc(N)nc2)[nH]c1=S. The van der Waals surface area contributed by atoms with E-state index in [0.717, 1.165) is 40.8 Å². The minimum Gasteiger partial charge on any atom is -0.398 e. The standard InChI is InChI=1S/C21H22N4S/c1-2-3-9-17(22)20-16(14-7-5-4-6-8-14)12-18(25-21(20)26)15-10-11-19(23)24-13-15/h4-13H,2-3,22H2,1H3,(H2,23,24)(H,25,26)/b17-9-. The molecule has 0 saturated carbocycles. The van der Waals surface area contributed by atoms with Crippen LogP contribution in [0.15, 0.2) is 60.8 Å². The number of allylic oxidation sites excluding steroid dienone is 1. The first-order chi connectivity index (χ1) is 12.6. The minimum atomic E-state index is 0.485. The van der Waals surface area contributed by atoms with E-state index in [1.54, 1.807) is 12.3 Å². The predicted octanol–water partition coefficient (Wildman–Crippen LogP) is 5.16. The Morgan fingerprint density at radius 1 is 1.15 bits per heavy atom. The smallest absolute Gasteiger partial charge is 0.123 e. The molecular formula is C21H22N4S. The van der Waals surface area contributed by atoms with E-state index >= 15 is 0 Å². The number of aromatic nitrogens is 2. The van der Waals surface area contributed by atoms with Gasteiger partial charge in [0.15, 0.2) is 0 Å². The fourth-order valence-electron chi connectivity index (χ4n) is 2.81. The summed E-state index contributed by atoms with van der Waals surface area (Å²) in [5.41, 5.74) is 17.5. The zero-order valence-electron chi connectivity index (χ0n) is 14.7. The normalized spacial score (nSPS) is 11.5. The van der Waals surface area contributed by atoms with Crippen molar-refractivity contribution >= 4 is 23.7 Å². The number of rotatable bonds is 5. The van der Waals surface area contributed by atoms with Crippen molar-refractivity contribution in [2.75, 3.05) is 5.73 Å². The highest BCUT2D eigenvalue weighted by Gasteiger charge is 2.13. The van der Waals surface area contributed by atoms with Crippen LogP contribution < -0.4 is 11.5 Å². The topological polar surface area (TPSA) is 80.7 Å². The van der Waals surface area contributed by atoms with Gasteiger partial charge in [-0.2, -0.15) is 0 Å². The zero-order valence-corrected chi connectivity index (χ0v) is 15.5. The number of nitrogens with one attached hydrogen (secondary N) is 1. The van der Waals surface area contributed by atoms with Crippen LogP contribution in [0, 0.1) is 4.64 Å². The molecule has 5 N–H and O–H groups in total. The Bertz CT molecular complexity index is 973. The highest BCUT2D eigenvalue weighted by atomic mass is 32.1. The van der Waals surface area contributed by atoms with E-state index in [-0.39, 0.29) is 0 Å². The lowest BCUT2D eigenvalue weighted by atomic mass is 9.97. The van der Waals surface area contributed by atoms with Crippen molar-refractivity contribution in [3.63, 3.8) is 0 Å². The predicted molar refractivity (Wildman–Crippen MR) is 112 cm³/mol. The molecule has 0 amide bonds. The Labute approximate surface area is 158 Å². The molecule has 0 spiro atoms. The number of nitrogens with zero attached hydrogens (tertiary/aromatic N) is 1. The molecule has 3 aromatic rings. The van der Waals surface area contributed by atoms with E-state index in [4.69, 9.17) is 23.7 Å². The van der Waals surface area contributed by atoms with Gasteiger partial charge in [-0.25, -0.2) is 4.98 Å². The van der Waals surface area contributed by atoms with Gasteiger partial charge in [0.25, 0.3) is 0 Å². The molecule has 5 heteroatoms. The summed E-state index contributed by atoms with van der Waals surface area (Å²) in [6, 6.07) is 15.9. The maximum atomic E-state index is 6.37. The average Bonchev–Trinajstić information content (AvgIpc) is 2.66. The summed E-state index contributed by atoms with van der Waals surface area (Å²) in [6.07, 6.45) is 5.72. The number of pyridine rings is 2. The number of nitrogens with two attached hydrogens (primary N) is 2. The molecule has 0 unspecified atom stereocenters. The highest BCUT2D eigenvalue weighted by Crippen LogP contribution is 2.31. The van der Waals surface area contributed by atoms with Crippen molar-refractivity contribution in [2.45, 2.75) is 19.8 Å². The first-order valence-corrected chi connectivity index (χ1v) is 9.01. The second-order valence-electron chi connectivity index (χ2n) is 6.09. The van der Waals surface area contributed by atoms with E-state index in [1.807, 2.05) is 30.3 Å². The number of H-pyrrole nitrogens is 1. The zero-order chi connectivity index (χ0) is 18.5. The van der Waals surface area contributed by atoms with E-state index in [0.29, 0.717) is 16.2 Å². The van der Waals surface area contributed by atoms with Gasteiger partial charge in [0.05, 0.1) is 0 Å². The largest absolute Gasteiger partial charge is 0.398 e. The Morgan fingerprint density at radius 2 is 1.92 bits per heavy atom. The molecule has 26 heavy (non-hydrogen) atoms. The lowest BCUT2D eigenvalue weighted by molar-refractivity contribution is 0.958. The third kappa shape index (κ3) is 3.83. The number of hydrogen-bond donors (Lipinski definition) is 3. The van der Waals surface area contributed by atoms with Crippen molar-refractivity contribution in [1.29, 1.82) is 0 Å². The van der Waals surface area contributed by atoms with Crippen LogP contribution in [0.4, 0.5) is 5.82 Å². The Kier molecular flexibility index (Phi) is 5.49. The van der Waals surface area contributed by atoms with Gasteiger partial charge in [-0.15, -0.1) is 0 Å². The van der Waals surface area contributed by atoms with Gasteiger partial charge >= 0.3 is 0 Å². The molecule has 0 bridgehead atoms. The number of benzene rings is 1. The summed E-state index contributed by atoms with van der Waals surface area (Å²) in [5.74, 6) is 0.485. The number of aromatic amines is 1. The molecule has 4 nitrogen and oxygen atoms in total. The Morgan fingerprint density at radius 3 is 2.58 bits per heavy atom. The second-order valence-corrected chi connectivity index (χ2v) is 6.49. The lowest BCUT2D eigenvalue weighted by Crippen LogP contribution is -2.03. The summed E-state index contributed by atoms with van der Waals surface area (Å²) in [7, 11) is 0. The number of nitrogen functional groups attached to an aromatic ring is 1. The van der Waals surface area contributed by atoms with Crippen LogP contribution in [-0.2, 0) is 0 Å². The maximum Gasteiger partial charge on any atom is 0.123 e. The molecule has 0 radical (unpaired) electrons. The third-order valence-corrected chi connectivity index (χ3v) is 4.46. The molecule has 2 heterocycles. The van der Waals surface area contributed by atoms with Crippen LogP contribution in [0.1, 0.15) is 25.3 Å². The van der Waals surface area contributed by atoms with Gasteiger partial charge in [0.1, 0.15) is 10.5 Å². The summed E-state index contributed by atoms with van der Waals surface area (Å²) in [6.45, 7) is 2.12. The Balaban J connectivity index is 2.22. The van der Waals surface area contributed by atoms with Crippen molar-refractivity contribution in [1.82, 2.24) is 9.97 Å². The Hall–Kier alpha value is -2.92. The molecule has 0 aliphatic heterocycles. The van der Waals surface area contributed by atoms with Gasteiger partial charge in [-0.1, -0.05) is 62.0 Å². The average molecular weight is 363 g/mol. The number of hydrogen-bond acceptors (Lipinski definition) is 4. The van der Waals surface area contributed by atoms with Crippen LogP contribution in [0.5, 0.6) is 0 Å². The van der Waals surface area contributed by atoms with E-state index in [9.17, 15) is 0 Å². The van der Waals surface area contributed by atoms with Crippen molar-refractivity contribution in [3.05, 3.63) is 71.0 Å². The van der Waals surface area contributed by atoms with Crippen LogP contribution in [-0.4, -0.2) is 9.97 Å². The molecular weight excluding hydrogens is 340 g/mol. The van der Waals surface area contributed by atoms with Gasteiger partial charge in [0.2, 0.25) is 0 Å². The molecule has 0 fully saturated rings. The lowest BCUT2D eigenvalue weighted by Gasteiger charge is -2.14. The van der Waals surface area contributed by atoms with Crippen molar-refractivity contribution in [2.24, 2.45) is 5.73 Å². The molecule has 0 saturated heterocycles. The molecule has 3 rings (SSSR count). The summed E-state index contributed by atoms with van der Waals surface area (Å²) >= 11 is 5.66. The molecule has 0 aliphatic carbocycles. The second kappa shape index (κ2) is 7.97. The van der Waals surface area contributed by atoms with E-state index in [2.05, 4.69) is 35.1 Å². The fraction of sp³-hybridized carbons (Fsp3) is 0.143. The molecule has 2 aromatic heterocycles. The molecule has 1 aromatic carbocycles. The van der Waals surface area contributed by atoms with Gasteiger partial charge in [0, 0.05) is 28.7 Å². The maximum absolute atomic E-state index is 6.37. The molecule has 132 valence electrons. The van der Waals surface area contributed by atoms with Crippen molar-refractivity contribution in [3.8, 4) is 22.4 Å². The monoisotopic (exact) mass is 362 g/mol. The first kappa shape index (κ1) is 17.9. The van der Waals surface area contributed by atoms with Crippen LogP contribution in [0.3, 0.4) is 0 Å². The quantitative estimate of drug-likeness (QED) is 0.548. The minimum absolute atomic E-state index is 0.485. The van der Waals surface area contributed by atoms with E-state index < -0.39 is 0 Å². The molecule has 0 atom stereocenters. The van der Waals surface area contributed by atoms with Gasteiger partial charge in [-0.3, -0.25) is 0 Å². The third-order valence-electron chi connectivity index (χ3n) is 4.16. The van der Waals surface area contributed by atoms with Gasteiger partial charge in [-0.05, 0) is 35.7 Å². The van der Waals surface area contributed by atoms with Gasteiger partial charge < -0.3 is 16.5 Å². The summed E-state index contributed by atoms with van der Waals surface area (Å²) in [5, 5.41) is 0. The van der Waals surface area contributed by atoms with Crippen LogP contribution >= 0.6 is 12.2 Å². The van der Waals surface area contributed by atoms with Crippen LogP contribution in [0.25, 0.3) is 28.1 Å². The number of anilines is 1. The van der Waals surface area contributed by atoms with E-state index in [1.165, 1.54) is 0 Å². The van der Waals surface area contributed by atoms with Crippen molar-refractivity contribution < 1.29 is 0 Å². The number of unbranched alkanes of at least 4 members (excludes halogenated alkanes) is 1. The molecule has 0 aliphatic rings. The summed E-state index contributed by atoms with van der Waals surface area (Å²) < 4.78 is 0.614. The fourth-order valence-corrected chi connectivity index (χ4v) is 3.15. The first-order valence-electron chi connectivity index (χ1n) is 8.60. The van der Waals surface area contributed by atoms with Crippen LogP contribution in [0.2, 0.25) is 0 Å². The highest BCUT2D eigenvalue weighted by molar-refractivity contribution is 7.71.